The summed E-state index contributed by atoms with van der Waals surface area (Å²) in [5.41, 5.74) is 38.0. The maximum atomic E-state index is 7.56. The molecule has 3 heterocycles. The Kier molecular flexibility index (Phi) is 11.5. The molecule has 2 aliphatic rings. The highest BCUT2D eigenvalue weighted by Crippen LogP contribution is 2.46. The summed E-state index contributed by atoms with van der Waals surface area (Å²) < 4.78 is 2.25. The van der Waals surface area contributed by atoms with Crippen molar-refractivity contribution in [1.82, 2.24) is 9.47 Å². The van der Waals surface area contributed by atoms with Crippen molar-refractivity contribution in [2.24, 2.45) is 15.0 Å². The Morgan fingerprint density at radius 2 is 1.10 bits per heavy atom. The van der Waals surface area contributed by atoms with Crippen LogP contribution >= 0.6 is 0 Å². The van der Waals surface area contributed by atoms with Crippen LogP contribution in [0.2, 0.25) is 0 Å². The fraction of sp³-hybridized carbons (Fsp3) is 0.411. The molecule has 0 atom stereocenters. The number of hydrogen-bond acceptors (Lipinski definition) is 4. The minimum absolute atomic E-state index is 0.379. The molecule has 6 nitrogen and oxygen atoms in total. The summed E-state index contributed by atoms with van der Waals surface area (Å²) in [4.78, 5) is 19.1. The fourth-order valence-corrected chi connectivity index (χ4v) is 10.5. The summed E-state index contributed by atoms with van der Waals surface area (Å²) in [6.07, 6.45) is 2.90. The minimum atomic E-state index is 0.379. The van der Waals surface area contributed by atoms with Crippen LogP contribution in [0.3, 0.4) is 0 Å². The van der Waals surface area contributed by atoms with E-state index in [9.17, 15) is 0 Å². The number of aromatic nitrogens is 1. The van der Waals surface area contributed by atoms with E-state index < -0.39 is 0 Å². The van der Waals surface area contributed by atoms with Gasteiger partial charge in [0.15, 0.2) is 5.84 Å². The lowest BCUT2D eigenvalue weighted by Crippen LogP contribution is -2.28. The molecule has 5 aromatic rings. The second-order valence-electron chi connectivity index (χ2n) is 18.8. The van der Waals surface area contributed by atoms with E-state index in [0.717, 1.165) is 81.2 Å². The fourth-order valence-electron chi connectivity index (χ4n) is 10.5. The standard InChI is InChI=1S/C56H70N6/c1-21-22-23-45(49-39(16)31(8)29(6)36(13)46(49)26(2)3)59-55-52-42(19)34(11)32(9)40(17)50(52)53(57)62(55)25-61-43(20)47-37(14)30(7)33(10)41(18)51(47)56(61)60-54-48-38(15)28(5)27(4)35(12)44(48)24-58-54/h2,20-25,57H2,1,3-19H3/b59-45+,60-56?. The Bertz CT molecular complexity index is 2940. The average Bonchev–Trinajstić information content (AvgIpc) is 3.87. The maximum absolute atomic E-state index is 7.56. The smallest absolute Gasteiger partial charge is 0.157 e. The van der Waals surface area contributed by atoms with Gasteiger partial charge in [0.2, 0.25) is 0 Å². The van der Waals surface area contributed by atoms with Gasteiger partial charge in [-0.25, -0.2) is 9.98 Å². The molecule has 6 heteroatoms. The maximum Gasteiger partial charge on any atom is 0.157 e. The van der Waals surface area contributed by atoms with Crippen LogP contribution in [0.15, 0.2) is 28.1 Å². The normalized spacial score (nSPS) is 14.5. The summed E-state index contributed by atoms with van der Waals surface area (Å²) >= 11 is 0. The van der Waals surface area contributed by atoms with Crippen LogP contribution in [0.25, 0.3) is 22.0 Å². The second kappa shape index (κ2) is 16.0. The number of aliphatic imine (C=N–C) groups is 3. The molecule has 0 radical (unpaired) electrons. The third kappa shape index (κ3) is 6.45. The van der Waals surface area contributed by atoms with Gasteiger partial charge in [0.1, 0.15) is 24.1 Å². The van der Waals surface area contributed by atoms with E-state index in [0.29, 0.717) is 19.0 Å². The molecule has 0 aliphatic carbocycles. The molecule has 4 aromatic carbocycles. The molecule has 0 fully saturated rings. The highest BCUT2D eigenvalue weighted by Gasteiger charge is 2.37. The van der Waals surface area contributed by atoms with Crippen molar-refractivity contribution < 1.29 is 0 Å². The lowest BCUT2D eigenvalue weighted by molar-refractivity contribution is 0.477. The molecule has 0 spiro atoms. The molecule has 0 unspecified atom stereocenters. The van der Waals surface area contributed by atoms with Crippen LogP contribution in [0.5, 0.6) is 0 Å². The lowest BCUT2D eigenvalue weighted by Gasteiger charge is -2.25. The number of amidine groups is 2. The Morgan fingerprint density at radius 3 is 1.66 bits per heavy atom. The number of nitrogens with two attached hydrogens (primary N) is 1. The van der Waals surface area contributed by atoms with E-state index in [4.69, 9.17) is 27.3 Å². The molecule has 324 valence electrons. The predicted molar refractivity (Wildman–Crippen MR) is 270 cm³/mol. The Labute approximate surface area is 372 Å². The second-order valence-corrected chi connectivity index (χ2v) is 18.8. The largest absolute Gasteiger partial charge is 0.384 e. The molecule has 0 bridgehead atoms. The van der Waals surface area contributed by atoms with Crippen molar-refractivity contribution in [1.29, 1.82) is 0 Å². The van der Waals surface area contributed by atoms with E-state index in [1.807, 2.05) is 0 Å². The van der Waals surface area contributed by atoms with E-state index in [-0.39, 0.29) is 0 Å². The van der Waals surface area contributed by atoms with Gasteiger partial charge < -0.3 is 10.6 Å². The first-order valence-corrected chi connectivity index (χ1v) is 22.6. The zero-order chi connectivity index (χ0) is 45.7. The van der Waals surface area contributed by atoms with Gasteiger partial charge in [-0.05, 0) is 231 Å². The van der Waals surface area contributed by atoms with Crippen molar-refractivity contribution in [3.05, 3.63) is 136 Å². The third-order valence-corrected chi connectivity index (χ3v) is 15.8. The highest BCUT2D eigenvalue weighted by atomic mass is 15.3. The summed E-state index contributed by atoms with van der Waals surface area (Å²) in [5.74, 6) is 3.23. The quantitative estimate of drug-likeness (QED) is 0.158. The van der Waals surface area contributed by atoms with Gasteiger partial charge in [-0.15, -0.1) is 0 Å². The molecule has 7 rings (SSSR count). The van der Waals surface area contributed by atoms with E-state index in [1.165, 1.54) is 106 Å². The van der Waals surface area contributed by atoms with E-state index >= 15 is 0 Å². The van der Waals surface area contributed by atoms with Gasteiger partial charge in [-0.1, -0.05) is 32.1 Å². The predicted octanol–water partition coefficient (Wildman–Crippen LogP) is 14.2. The highest BCUT2D eigenvalue weighted by molar-refractivity contribution is 6.20. The first-order valence-electron chi connectivity index (χ1n) is 22.6. The van der Waals surface area contributed by atoms with Crippen LogP contribution in [0.4, 0.5) is 11.6 Å². The number of nitrogens with zero attached hydrogens (tertiary/aromatic N) is 5. The zero-order valence-electron chi connectivity index (χ0n) is 41.3. The van der Waals surface area contributed by atoms with Crippen LogP contribution < -0.4 is 5.73 Å². The number of allylic oxidation sites excluding steroid dienone is 1. The van der Waals surface area contributed by atoms with Gasteiger partial charge >= 0.3 is 0 Å². The van der Waals surface area contributed by atoms with Crippen LogP contribution in [-0.2, 0) is 13.2 Å². The molecule has 2 N–H and O–H groups in total. The van der Waals surface area contributed by atoms with E-state index in [2.05, 4.69) is 141 Å². The van der Waals surface area contributed by atoms with Crippen molar-refractivity contribution in [3.63, 3.8) is 0 Å². The Balaban J connectivity index is 1.57. The molecule has 0 saturated carbocycles. The molecule has 0 saturated heterocycles. The monoisotopic (exact) mass is 827 g/mol. The van der Waals surface area contributed by atoms with Gasteiger partial charge in [-0.3, -0.25) is 9.56 Å². The molecule has 62 heavy (non-hydrogen) atoms. The van der Waals surface area contributed by atoms with Crippen molar-refractivity contribution in [2.75, 3.05) is 5.73 Å². The van der Waals surface area contributed by atoms with Gasteiger partial charge in [-0.2, -0.15) is 0 Å². The number of nitrogen functional groups attached to an aromatic ring is 1. The summed E-state index contributed by atoms with van der Waals surface area (Å²) in [7, 11) is 0. The molecule has 2 aliphatic heterocycles. The van der Waals surface area contributed by atoms with Crippen molar-refractivity contribution in [3.8, 4) is 0 Å². The Morgan fingerprint density at radius 1 is 0.613 bits per heavy atom. The minimum Gasteiger partial charge on any atom is -0.384 e. The summed E-state index contributed by atoms with van der Waals surface area (Å²) in [5, 5.41) is 2.18. The first kappa shape index (κ1) is 44.6. The molecular formula is C56H70N6. The first-order chi connectivity index (χ1) is 29.1. The molecular weight excluding hydrogens is 757 g/mol. The zero-order valence-corrected chi connectivity index (χ0v) is 41.3. The van der Waals surface area contributed by atoms with Crippen LogP contribution in [-0.4, -0.2) is 26.8 Å². The Hall–Kier alpha value is -5.49. The molecule has 0 amide bonds. The van der Waals surface area contributed by atoms with E-state index in [1.54, 1.807) is 0 Å². The van der Waals surface area contributed by atoms with Gasteiger partial charge in [0.05, 0.1) is 12.3 Å². The number of benzene rings is 4. The number of fused-ring (bicyclic) bond motifs is 3. The lowest BCUT2D eigenvalue weighted by atomic mass is 9.83. The molecule has 1 aromatic heterocycles. The van der Waals surface area contributed by atoms with Crippen molar-refractivity contribution >= 4 is 51.1 Å². The van der Waals surface area contributed by atoms with Crippen LogP contribution in [0, 0.1) is 111 Å². The summed E-state index contributed by atoms with van der Waals surface area (Å²) in [6, 6.07) is 0. The third-order valence-electron chi connectivity index (χ3n) is 15.8. The van der Waals surface area contributed by atoms with Crippen molar-refractivity contribution in [2.45, 2.75) is 157 Å². The number of aryl methyl sites for hydroxylation is 2. The number of anilines is 1. The number of hydrogen-bond donors (Lipinski definition) is 1. The SMILES string of the molecule is C=C(C)c1c(C)c(C)c(C)c(C)c1/C(CCCC)=N/c1c2c(C)c(C)c(C)c(C)c2c(N)n1CN1C(=C)c2c(C)c(C)c(C)c(C)c2C1=NC1=NCc2c(C)c(C)c(C)c(C)c21. The van der Waals surface area contributed by atoms with Gasteiger partial charge in [0, 0.05) is 38.7 Å². The summed E-state index contributed by atoms with van der Waals surface area (Å²) in [6.45, 7) is 50.5. The topological polar surface area (TPSA) is 71.3 Å². The number of unbranched alkanes of at least 4 members (excludes halogenated alkanes) is 1. The van der Waals surface area contributed by atoms with Crippen LogP contribution in [0.1, 0.15) is 156 Å². The average molecular weight is 827 g/mol. The van der Waals surface area contributed by atoms with Gasteiger partial charge in [0.25, 0.3) is 0 Å². The number of rotatable bonds is 8.